The van der Waals surface area contributed by atoms with Crippen molar-refractivity contribution in [2.45, 2.75) is 53.0 Å². The molecule has 0 radical (unpaired) electrons. The predicted octanol–water partition coefficient (Wildman–Crippen LogP) is 7.13. The molecule has 1 atom stereocenters. The first-order chi connectivity index (χ1) is 20.6. The van der Waals surface area contributed by atoms with Gasteiger partial charge < -0.3 is 21.3 Å². The highest BCUT2D eigenvalue weighted by atomic mass is 14.9. The number of hydrogen-bond donors (Lipinski definition) is 4. The lowest BCUT2D eigenvalue weighted by Crippen LogP contribution is -2.28. The monoisotopic (exact) mass is 564 g/mol. The van der Waals surface area contributed by atoms with Crippen molar-refractivity contribution in [1.82, 2.24) is 21.3 Å². The molecule has 1 aliphatic rings. The van der Waals surface area contributed by atoms with Crippen LogP contribution in [0.25, 0.3) is 16.7 Å². The molecule has 0 saturated heterocycles. The fourth-order valence-electron chi connectivity index (χ4n) is 5.91. The minimum atomic E-state index is 0.618. The van der Waals surface area contributed by atoms with E-state index < -0.39 is 0 Å². The van der Waals surface area contributed by atoms with E-state index in [9.17, 15) is 0 Å². The summed E-state index contributed by atoms with van der Waals surface area (Å²) >= 11 is 0. The van der Waals surface area contributed by atoms with Gasteiger partial charge >= 0.3 is 0 Å². The molecule has 4 rings (SSSR count). The zero-order valence-corrected chi connectivity index (χ0v) is 26.1. The van der Waals surface area contributed by atoms with Gasteiger partial charge in [0.15, 0.2) is 0 Å². The minimum absolute atomic E-state index is 0.618. The van der Waals surface area contributed by atoms with E-state index in [4.69, 9.17) is 0 Å². The number of nitrogens with one attached hydrogen (secondary N) is 4. The number of hydrogen-bond acceptors (Lipinski definition) is 4. The summed E-state index contributed by atoms with van der Waals surface area (Å²) in [7, 11) is 0. The molecule has 4 N–H and O–H groups in total. The topological polar surface area (TPSA) is 48.1 Å². The average molecular weight is 565 g/mol. The van der Waals surface area contributed by atoms with Gasteiger partial charge in [0.25, 0.3) is 0 Å². The van der Waals surface area contributed by atoms with Crippen LogP contribution in [0.4, 0.5) is 0 Å². The van der Waals surface area contributed by atoms with Crippen LogP contribution in [-0.4, -0.2) is 45.8 Å². The van der Waals surface area contributed by atoms with Gasteiger partial charge in [-0.15, -0.1) is 0 Å². The Kier molecular flexibility index (Phi) is 13.5. The summed E-state index contributed by atoms with van der Waals surface area (Å²) in [6.45, 7) is 15.2. The summed E-state index contributed by atoms with van der Waals surface area (Å²) in [4.78, 5) is 0. The van der Waals surface area contributed by atoms with Gasteiger partial charge in [-0.05, 0) is 129 Å². The Morgan fingerprint density at radius 1 is 0.595 bits per heavy atom. The molecule has 3 aromatic rings. The van der Waals surface area contributed by atoms with Crippen LogP contribution in [-0.2, 0) is 6.54 Å². The smallest absolute Gasteiger partial charge is 0.0208 e. The summed E-state index contributed by atoms with van der Waals surface area (Å²) in [5.41, 5.74) is 11.2. The van der Waals surface area contributed by atoms with Crippen LogP contribution in [0.3, 0.4) is 0 Å². The van der Waals surface area contributed by atoms with Crippen molar-refractivity contribution in [1.29, 1.82) is 0 Å². The molecule has 1 unspecified atom stereocenters. The molecule has 0 bridgehead atoms. The summed E-state index contributed by atoms with van der Waals surface area (Å²) < 4.78 is 0. The van der Waals surface area contributed by atoms with Crippen molar-refractivity contribution in [3.05, 3.63) is 113 Å². The predicted molar refractivity (Wildman–Crippen MR) is 182 cm³/mol. The second-order valence-electron chi connectivity index (χ2n) is 11.6. The third kappa shape index (κ3) is 9.78. The van der Waals surface area contributed by atoms with Crippen LogP contribution < -0.4 is 21.3 Å². The summed E-state index contributed by atoms with van der Waals surface area (Å²) in [5, 5.41) is 14.5. The standard InChI is InChI=1S/C38H52N4/c1-30-20-21-37(34-16-8-5-9-17-34)32(3)38(30)29-42-27-13-25-40-23-11-22-39-24-12-26-41-28-35-18-10-19-36(31(35)2)33-14-6-4-7-15-33/h4-10,14-19,21,30,39-42H,11-13,20,22-29H2,1-3H3. The van der Waals surface area contributed by atoms with E-state index in [2.05, 4.69) is 127 Å². The quantitative estimate of drug-likeness (QED) is 0.124. The van der Waals surface area contributed by atoms with Gasteiger partial charge in [0.1, 0.15) is 0 Å². The van der Waals surface area contributed by atoms with E-state index in [1.54, 1.807) is 5.57 Å². The SMILES string of the molecule is CC1=C(CNCCCNCCCNCCCNCc2cccc(-c3ccccc3)c2C)C(C)CC=C1c1ccccc1. The second-order valence-corrected chi connectivity index (χ2v) is 11.6. The van der Waals surface area contributed by atoms with Crippen molar-refractivity contribution >= 4 is 5.57 Å². The largest absolute Gasteiger partial charge is 0.317 e. The van der Waals surface area contributed by atoms with Crippen LogP contribution in [0.2, 0.25) is 0 Å². The van der Waals surface area contributed by atoms with Crippen molar-refractivity contribution < 1.29 is 0 Å². The highest BCUT2D eigenvalue weighted by Crippen LogP contribution is 2.34. The van der Waals surface area contributed by atoms with Crippen molar-refractivity contribution in [2.75, 3.05) is 45.8 Å². The first kappa shape index (κ1) is 31.9. The average Bonchev–Trinajstić information content (AvgIpc) is 3.02. The maximum atomic E-state index is 3.70. The van der Waals surface area contributed by atoms with Crippen LogP contribution in [0.5, 0.6) is 0 Å². The Labute approximate surface area is 255 Å². The van der Waals surface area contributed by atoms with Crippen LogP contribution >= 0.6 is 0 Å². The fourth-order valence-corrected chi connectivity index (χ4v) is 5.91. The first-order valence-electron chi connectivity index (χ1n) is 16.1. The normalized spacial score (nSPS) is 15.2. The lowest BCUT2D eigenvalue weighted by Gasteiger charge is -2.26. The molecule has 42 heavy (non-hydrogen) atoms. The van der Waals surface area contributed by atoms with Crippen molar-refractivity contribution in [3.8, 4) is 11.1 Å². The Hall–Kier alpha value is -3.02. The molecule has 0 aliphatic heterocycles. The highest BCUT2D eigenvalue weighted by Gasteiger charge is 2.19. The van der Waals surface area contributed by atoms with Gasteiger partial charge in [-0.2, -0.15) is 0 Å². The van der Waals surface area contributed by atoms with Crippen molar-refractivity contribution in [3.63, 3.8) is 0 Å². The van der Waals surface area contributed by atoms with Crippen LogP contribution in [0.15, 0.2) is 96.1 Å². The Morgan fingerprint density at radius 3 is 1.76 bits per heavy atom. The molecule has 0 fully saturated rings. The molecule has 4 heteroatoms. The highest BCUT2D eigenvalue weighted by molar-refractivity contribution is 5.80. The van der Waals surface area contributed by atoms with Crippen LogP contribution in [0, 0.1) is 12.8 Å². The first-order valence-corrected chi connectivity index (χ1v) is 16.1. The second kappa shape index (κ2) is 17.8. The van der Waals surface area contributed by atoms with Gasteiger partial charge in [-0.1, -0.05) is 91.9 Å². The lowest BCUT2D eigenvalue weighted by molar-refractivity contribution is 0.550. The zero-order valence-electron chi connectivity index (χ0n) is 26.1. The Bertz CT molecular complexity index is 1260. The van der Waals surface area contributed by atoms with E-state index >= 15 is 0 Å². The Morgan fingerprint density at radius 2 is 1.14 bits per heavy atom. The van der Waals surface area contributed by atoms with E-state index in [1.165, 1.54) is 45.4 Å². The number of allylic oxidation sites excluding steroid dienone is 3. The fraction of sp³-hybridized carbons (Fsp3) is 0.421. The van der Waals surface area contributed by atoms with Gasteiger partial charge in [0.05, 0.1) is 0 Å². The molecule has 224 valence electrons. The van der Waals surface area contributed by atoms with E-state index in [0.717, 1.165) is 71.6 Å². The van der Waals surface area contributed by atoms with Gasteiger partial charge in [0.2, 0.25) is 0 Å². The molecule has 4 nitrogen and oxygen atoms in total. The molecule has 0 saturated carbocycles. The molecule has 1 aliphatic carbocycles. The van der Waals surface area contributed by atoms with Gasteiger partial charge in [-0.25, -0.2) is 0 Å². The van der Waals surface area contributed by atoms with E-state index in [-0.39, 0.29) is 0 Å². The number of rotatable bonds is 18. The molecular formula is C38H52N4. The maximum Gasteiger partial charge on any atom is 0.0208 e. The molecule has 0 aromatic heterocycles. The summed E-state index contributed by atoms with van der Waals surface area (Å²) in [6.07, 6.45) is 7.03. The summed E-state index contributed by atoms with van der Waals surface area (Å²) in [5.74, 6) is 0.618. The number of benzene rings is 3. The third-order valence-corrected chi connectivity index (χ3v) is 8.52. The molecule has 0 heterocycles. The van der Waals surface area contributed by atoms with E-state index in [0.29, 0.717) is 5.92 Å². The molecule has 0 amide bonds. The summed E-state index contributed by atoms with van der Waals surface area (Å²) in [6, 6.07) is 28.1. The van der Waals surface area contributed by atoms with Crippen LogP contribution in [0.1, 0.15) is 56.2 Å². The molecule has 0 spiro atoms. The maximum absolute atomic E-state index is 3.70. The molecule has 3 aromatic carbocycles. The van der Waals surface area contributed by atoms with Crippen molar-refractivity contribution in [2.24, 2.45) is 5.92 Å². The van der Waals surface area contributed by atoms with Gasteiger partial charge in [-0.3, -0.25) is 0 Å². The lowest BCUT2D eigenvalue weighted by atomic mass is 9.82. The zero-order chi connectivity index (χ0) is 29.4. The van der Waals surface area contributed by atoms with Gasteiger partial charge in [0, 0.05) is 13.1 Å². The minimum Gasteiger partial charge on any atom is -0.317 e. The third-order valence-electron chi connectivity index (χ3n) is 8.52. The molecular weight excluding hydrogens is 512 g/mol. The Balaban J connectivity index is 0.986. The van der Waals surface area contributed by atoms with E-state index in [1.807, 2.05) is 0 Å².